The van der Waals surface area contributed by atoms with Crippen LogP contribution in [0.5, 0.6) is 0 Å². The van der Waals surface area contributed by atoms with Crippen molar-refractivity contribution in [3.8, 4) is 22.7 Å². The highest BCUT2D eigenvalue weighted by atomic mass is 16.3. The maximum absolute atomic E-state index is 11.9. The number of nitrogen functional groups attached to an aromatic ring is 1. The lowest BCUT2D eigenvalue weighted by Crippen LogP contribution is -2.20. The zero-order valence-electron chi connectivity index (χ0n) is 13.1. The van der Waals surface area contributed by atoms with E-state index in [4.69, 9.17) is 10.2 Å². The molecule has 118 valence electrons. The SMILES string of the molecule is Cc1ccc(-c2nc(N)nnc2-c2ccc(=O)n(C(C)C)c2)o1. The Morgan fingerprint density at radius 3 is 2.57 bits per heavy atom. The van der Waals surface area contributed by atoms with Crippen LogP contribution in [0.1, 0.15) is 25.6 Å². The minimum absolute atomic E-state index is 0.0338. The summed E-state index contributed by atoms with van der Waals surface area (Å²) in [6.45, 7) is 5.73. The van der Waals surface area contributed by atoms with Crippen molar-refractivity contribution in [2.45, 2.75) is 26.8 Å². The molecular formula is C16H17N5O2. The molecule has 3 rings (SSSR count). The molecule has 0 saturated heterocycles. The van der Waals surface area contributed by atoms with Crippen molar-refractivity contribution in [3.63, 3.8) is 0 Å². The normalized spacial score (nSPS) is 11.1. The van der Waals surface area contributed by atoms with Crippen molar-refractivity contribution in [1.82, 2.24) is 19.7 Å². The van der Waals surface area contributed by atoms with E-state index in [0.717, 1.165) is 11.3 Å². The molecule has 0 bridgehead atoms. The van der Waals surface area contributed by atoms with Crippen LogP contribution in [0.25, 0.3) is 22.7 Å². The van der Waals surface area contributed by atoms with E-state index >= 15 is 0 Å². The quantitative estimate of drug-likeness (QED) is 0.797. The Morgan fingerprint density at radius 2 is 1.91 bits per heavy atom. The van der Waals surface area contributed by atoms with Gasteiger partial charge in [0.15, 0.2) is 5.76 Å². The molecule has 0 aliphatic carbocycles. The summed E-state index contributed by atoms with van der Waals surface area (Å²) in [6, 6.07) is 6.88. The van der Waals surface area contributed by atoms with Crippen LogP contribution in [0.3, 0.4) is 0 Å². The third-order valence-electron chi connectivity index (χ3n) is 3.44. The van der Waals surface area contributed by atoms with E-state index < -0.39 is 0 Å². The molecule has 0 atom stereocenters. The highest BCUT2D eigenvalue weighted by molar-refractivity contribution is 5.75. The molecular weight excluding hydrogens is 294 g/mol. The molecule has 0 fully saturated rings. The van der Waals surface area contributed by atoms with Gasteiger partial charge in [-0.3, -0.25) is 4.79 Å². The predicted molar refractivity (Wildman–Crippen MR) is 86.8 cm³/mol. The second kappa shape index (κ2) is 5.68. The summed E-state index contributed by atoms with van der Waals surface area (Å²) in [7, 11) is 0. The summed E-state index contributed by atoms with van der Waals surface area (Å²) in [5.41, 5.74) is 7.34. The van der Waals surface area contributed by atoms with E-state index in [0.29, 0.717) is 17.1 Å². The molecule has 0 unspecified atom stereocenters. The van der Waals surface area contributed by atoms with E-state index in [-0.39, 0.29) is 17.5 Å². The minimum atomic E-state index is -0.0736. The molecule has 0 amide bonds. The summed E-state index contributed by atoms with van der Waals surface area (Å²) < 4.78 is 7.26. The maximum Gasteiger partial charge on any atom is 0.250 e. The fourth-order valence-electron chi connectivity index (χ4n) is 2.31. The van der Waals surface area contributed by atoms with Crippen LogP contribution in [0, 0.1) is 6.92 Å². The van der Waals surface area contributed by atoms with Crippen LogP contribution in [0.4, 0.5) is 5.95 Å². The van der Waals surface area contributed by atoms with Crippen LogP contribution in [0.15, 0.2) is 39.7 Å². The first-order valence-electron chi connectivity index (χ1n) is 7.25. The van der Waals surface area contributed by atoms with Gasteiger partial charge >= 0.3 is 0 Å². The van der Waals surface area contributed by atoms with Gasteiger partial charge in [0.2, 0.25) is 5.95 Å². The summed E-state index contributed by atoms with van der Waals surface area (Å²) in [5.74, 6) is 1.38. The van der Waals surface area contributed by atoms with Crippen molar-refractivity contribution in [3.05, 3.63) is 46.6 Å². The van der Waals surface area contributed by atoms with Crippen molar-refractivity contribution in [2.75, 3.05) is 5.73 Å². The second-order valence-electron chi connectivity index (χ2n) is 5.53. The largest absolute Gasteiger partial charge is 0.460 e. The van der Waals surface area contributed by atoms with Crippen molar-refractivity contribution in [1.29, 1.82) is 0 Å². The molecule has 3 heterocycles. The average Bonchev–Trinajstić information content (AvgIpc) is 2.94. The Balaban J connectivity index is 2.21. The first kappa shape index (κ1) is 15.0. The molecule has 3 aromatic rings. The summed E-state index contributed by atoms with van der Waals surface area (Å²) in [4.78, 5) is 16.2. The lowest BCUT2D eigenvalue weighted by atomic mass is 10.1. The lowest BCUT2D eigenvalue weighted by Gasteiger charge is -2.12. The third-order valence-corrected chi connectivity index (χ3v) is 3.44. The minimum Gasteiger partial charge on any atom is -0.460 e. The molecule has 7 nitrogen and oxygen atoms in total. The molecule has 0 aromatic carbocycles. The van der Waals surface area contributed by atoms with Crippen molar-refractivity contribution >= 4 is 5.95 Å². The lowest BCUT2D eigenvalue weighted by molar-refractivity contribution is 0.546. The van der Waals surface area contributed by atoms with E-state index in [9.17, 15) is 4.79 Å². The Bertz CT molecular complexity index is 911. The van der Waals surface area contributed by atoms with Crippen molar-refractivity contribution < 1.29 is 4.42 Å². The van der Waals surface area contributed by atoms with Crippen LogP contribution in [-0.2, 0) is 0 Å². The van der Waals surface area contributed by atoms with Gasteiger partial charge in [-0.15, -0.1) is 10.2 Å². The fourth-order valence-corrected chi connectivity index (χ4v) is 2.31. The van der Waals surface area contributed by atoms with Crippen LogP contribution < -0.4 is 11.3 Å². The smallest absolute Gasteiger partial charge is 0.250 e. The first-order chi connectivity index (χ1) is 11.0. The molecule has 7 heteroatoms. The Hall–Kier alpha value is -2.96. The number of aryl methyl sites for hydroxylation is 1. The molecule has 0 aliphatic rings. The topological polar surface area (TPSA) is 99.8 Å². The number of hydrogen-bond donors (Lipinski definition) is 1. The maximum atomic E-state index is 11.9. The zero-order valence-corrected chi connectivity index (χ0v) is 13.1. The second-order valence-corrected chi connectivity index (χ2v) is 5.53. The zero-order chi connectivity index (χ0) is 16.6. The highest BCUT2D eigenvalue weighted by Gasteiger charge is 2.16. The third kappa shape index (κ3) is 2.85. The highest BCUT2D eigenvalue weighted by Crippen LogP contribution is 2.29. The van der Waals surface area contributed by atoms with Crippen LogP contribution in [0.2, 0.25) is 0 Å². The molecule has 0 saturated carbocycles. The molecule has 0 aliphatic heterocycles. The number of pyridine rings is 1. The van der Waals surface area contributed by atoms with Gasteiger partial charge in [-0.25, -0.2) is 4.98 Å². The number of furan rings is 1. The Kier molecular flexibility index (Phi) is 3.69. The molecule has 0 radical (unpaired) electrons. The predicted octanol–water partition coefficient (Wildman–Crippen LogP) is 2.43. The fraction of sp³-hybridized carbons (Fsp3) is 0.250. The monoisotopic (exact) mass is 311 g/mol. The van der Waals surface area contributed by atoms with Crippen molar-refractivity contribution in [2.24, 2.45) is 0 Å². The van der Waals surface area contributed by atoms with E-state index in [1.54, 1.807) is 22.9 Å². The van der Waals surface area contributed by atoms with Gasteiger partial charge in [0.05, 0.1) is 0 Å². The first-order valence-corrected chi connectivity index (χ1v) is 7.25. The number of nitrogens with zero attached hydrogens (tertiary/aromatic N) is 4. The summed E-state index contributed by atoms with van der Waals surface area (Å²) in [5, 5.41) is 7.98. The van der Waals surface area contributed by atoms with E-state index in [1.807, 2.05) is 26.8 Å². The van der Waals surface area contributed by atoms with Gasteiger partial charge < -0.3 is 14.7 Å². The number of aromatic nitrogens is 4. The summed E-state index contributed by atoms with van der Waals surface area (Å²) in [6.07, 6.45) is 1.74. The Morgan fingerprint density at radius 1 is 1.13 bits per heavy atom. The Labute approximate surface area is 132 Å². The van der Waals surface area contributed by atoms with Gasteiger partial charge in [-0.05, 0) is 39.0 Å². The van der Waals surface area contributed by atoms with Crippen LogP contribution >= 0.6 is 0 Å². The van der Waals surface area contributed by atoms with Gasteiger partial charge in [-0.2, -0.15) is 0 Å². The number of nitrogens with two attached hydrogens (primary N) is 1. The number of rotatable bonds is 3. The average molecular weight is 311 g/mol. The molecule has 23 heavy (non-hydrogen) atoms. The van der Waals surface area contributed by atoms with E-state index in [2.05, 4.69) is 15.2 Å². The van der Waals surface area contributed by atoms with Gasteiger partial charge in [0, 0.05) is 23.9 Å². The van der Waals surface area contributed by atoms with E-state index in [1.165, 1.54) is 6.07 Å². The standard InChI is InChI=1S/C16H17N5O2/c1-9(2)21-8-11(5-7-13(21)22)14-15(18-16(17)20-19-14)12-6-4-10(3)23-12/h4-9H,1-3H3,(H2,17,18,20). The van der Waals surface area contributed by atoms with Gasteiger partial charge in [0.25, 0.3) is 5.56 Å². The van der Waals surface area contributed by atoms with Gasteiger partial charge in [-0.1, -0.05) is 0 Å². The molecule has 3 aromatic heterocycles. The number of anilines is 1. The molecule has 2 N–H and O–H groups in total. The molecule has 0 spiro atoms. The van der Waals surface area contributed by atoms with Crippen LogP contribution in [-0.4, -0.2) is 19.7 Å². The summed E-state index contributed by atoms with van der Waals surface area (Å²) >= 11 is 0. The van der Waals surface area contributed by atoms with Gasteiger partial charge in [0.1, 0.15) is 17.1 Å². The number of hydrogen-bond acceptors (Lipinski definition) is 6.